The molecule has 3 heteroatoms. The minimum absolute atomic E-state index is 0.646. The Hall–Kier alpha value is -0.570. The smallest absolute Gasteiger partial charge is 0.129 e. The molecule has 0 bridgehead atoms. The van der Waals surface area contributed by atoms with Gasteiger partial charge in [-0.1, -0.05) is 13.8 Å². The lowest BCUT2D eigenvalue weighted by atomic mass is 10.2. The Morgan fingerprint density at radius 3 is 2.69 bits per heavy atom. The van der Waals surface area contributed by atoms with Crippen molar-refractivity contribution in [1.82, 2.24) is 4.98 Å². The molecule has 0 aliphatic heterocycles. The molecule has 13 heavy (non-hydrogen) atoms. The van der Waals surface area contributed by atoms with Gasteiger partial charge < -0.3 is 5.32 Å². The van der Waals surface area contributed by atoms with Crippen molar-refractivity contribution in [1.29, 1.82) is 0 Å². The zero-order valence-corrected chi connectivity index (χ0v) is 9.85. The van der Waals surface area contributed by atoms with Gasteiger partial charge >= 0.3 is 0 Å². The van der Waals surface area contributed by atoms with Gasteiger partial charge in [-0.3, -0.25) is 0 Å². The zero-order chi connectivity index (χ0) is 9.84. The van der Waals surface area contributed by atoms with Crippen molar-refractivity contribution in [2.24, 2.45) is 5.92 Å². The maximum absolute atomic E-state index is 4.31. The molecule has 0 aliphatic rings. The number of aromatic nitrogens is 1. The molecule has 0 saturated carbocycles. The maximum Gasteiger partial charge on any atom is 0.129 e. The predicted octanol–water partition coefficient (Wildman–Crippen LogP) is 3.22. The Bertz CT molecular complexity index is 284. The highest BCUT2D eigenvalue weighted by molar-refractivity contribution is 9.10. The first kappa shape index (κ1) is 10.5. The Kier molecular flexibility index (Phi) is 3.72. The molecule has 0 saturated heterocycles. The third kappa shape index (κ3) is 3.35. The maximum atomic E-state index is 4.31. The van der Waals surface area contributed by atoms with Crippen molar-refractivity contribution in [3.8, 4) is 0 Å². The van der Waals surface area contributed by atoms with Crippen molar-refractivity contribution < 1.29 is 0 Å². The van der Waals surface area contributed by atoms with Gasteiger partial charge in [0, 0.05) is 12.2 Å². The SMILES string of the molecule is Cc1ccc(NCC(C)C)c(Br)n1. The van der Waals surface area contributed by atoms with Crippen LogP contribution in [0.25, 0.3) is 0 Å². The van der Waals surface area contributed by atoms with Gasteiger partial charge in [0.15, 0.2) is 0 Å². The molecule has 0 fully saturated rings. The van der Waals surface area contributed by atoms with Crippen LogP contribution in [0.1, 0.15) is 19.5 Å². The van der Waals surface area contributed by atoms with Crippen LogP contribution in [-0.2, 0) is 0 Å². The summed E-state index contributed by atoms with van der Waals surface area (Å²) in [5.74, 6) is 0.646. The first-order chi connectivity index (χ1) is 6.09. The average molecular weight is 243 g/mol. The molecule has 1 heterocycles. The zero-order valence-electron chi connectivity index (χ0n) is 8.26. The molecule has 1 aromatic heterocycles. The number of nitrogens with zero attached hydrogens (tertiary/aromatic N) is 1. The highest BCUT2D eigenvalue weighted by Gasteiger charge is 2.01. The lowest BCUT2D eigenvalue weighted by Gasteiger charge is -2.10. The Morgan fingerprint density at radius 1 is 1.46 bits per heavy atom. The largest absolute Gasteiger partial charge is 0.383 e. The lowest BCUT2D eigenvalue weighted by molar-refractivity contribution is 0.688. The monoisotopic (exact) mass is 242 g/mol. The van der Waals surface area contributed by atoms with E-state index in [4.69, 9.17) is 0 Å². The molecule has 1 rings (SSSR count). The van der Waals surface area contributed by atoms with Gasteiger partial charge in [0.1, 0.15) is 4.60 Å². The molecule has 0 atom stereocenters. The van der Waals surface area contributed by atoms with Crippen molar-refractivity contribution in [2.75, 3.05) is 11.9 Å². The molecule has 0 aromatic carbocycles. The van der Waals surface area contributed by atoms with Crippen LogP contribution in [0.3, 0.4) is 0 Å². The average Bonchev–Trinajstić information content (AvgIpc) is 2.02. The second-order valence-corrected chi connectivity index (χ2v) is 4.32. The second-order valence-electron chi connectivity index (χ2n) is 3.57. The third-order valence-corrected chi connectivity index (χ3v) is 2.29. The fraction of sp³-hybridized carbons (Fsp3) is 0.500. The van der Waals surface area contributed by atoms with Crippen molar-refractivity contribution in [3.05, 3.63) is 22.4 Å². The van der Waals surface area contributed by atoms with Crippen LogP contribution in [0.2, 0.25) is 0 Å². The first-order valence-electron chi connectivity index (χ1n) is 4.46. The fourth-order valence-corrected chi connectivity index (χ4v) is 1.52. The first-order valence-corrected chi connectivity index (χ1v) is 5.26. The molecule has 0 radical (unpaired) electrons. The van der Waals surface area contributed by atoms with Crippen LogP contribution in [0.4, 0.5) is 5.69 Å². The van der Waals surface area contributed by atoms with E-state index < -0.39 is 0 Å². The molecule has 0 unspecified atom stereocenters. The van der Waals surface area contributed by atoms with Crippen LogP contribution in [0.15, 0.2) is 16.7 Å². The molecule has 0 aliphatic carbocycles. The molecule has 2 nitrogen and oxygen atoms in total. The molecule has 1 N–H and O–H groups in total. The van der Waals surface area contributed by atoms with Crippen LogP contribution in [0.5, 0.6) is 0 Å². The van der Waals surface area contributed by atoms with Gasteiger partial charge in [0.2, 0.25) is 0 Å². The van der Waals surface area contributed by atoms with E-state index in [1.165, 1.54) is 0 Å². The van der Waals surface area contributed by atoms with E-state index in [1.54, 1.807) is 0 Å². The molecule has 72 valence electrons. The summed E-state index contributed by atoms with van der Waals surface area (Å²) in [6, 6.07) is 4.06. The Balaban J connectivity index is 2.67. The summed E-state index contributed by atoms with van der Waals surface area (Å²) in [5, 5.41) is 3.33. The molecular formula is C10H15BrN2. The Morgan fingerprint density at radius 2 is 2.15 bits per heavy atom. The summed E-state index contributed by atoms with van der Waals surface area (Å²) in [4.78, 5) is 4.31. The highest BCUT2D eigenvalue weighted by Crippen LogP contribution is 2.19. The van der Waals surface area contributed by atoms with Gasteiger partial charge in [-0.25, -0.2) is 4.98 Å². The standard InChI is InChI=1S/C10H15BrN2/c1-7(2)6-12-9-5-4-8(3)13-10(9)11/h4-5,7,12H,6H2,1-3H3. The van der Waals surface area contributed by atoms with E-state index in [2.05, 4.69) is 46.1 Å². The molecule has 0 spiro atoms. The number of pyridine rings is 1. The topological polar surface area (TPSA) is 24.9 Å². The molecule has 1 aromatic rings. The number of nitrogens with one attached hydrogen (secondary N) is 1. The van der Waals surface area contributed by atoms with Crippen LogP contribution in [0, 0.1) is 12.8 Å². The van der Waals surface area contributed by atoms with Crippen molar-refractivity contribution in [3.63, 3.8) is 0 Å². The summed E-state index contributed by atoms with van der Waals surface area (Å²) in [7, 11) is 0. The van der Waals surface area contributed by atoms with Gasteiger partial charge in [-0.05, 0) is 40.9 Å². The van der Waals surface area contributed by atoms with Crippen LogP contribution < -0.4 is 5.32 Å². The highest BCUT2D eigenvalue weighted by atomic mass is 79.9. The second kappa shape index (κ2) is 4.61. The van der Waals surface area contributed by atoms with E-state index in [0.717, 1.165) is 22.5 Å². The number of hydrogen-bond donors (Lipinski definition) is 1. The van der Waals surface area contributed by atoms with E-state index in [-0.39, 0.29) is 0 Å². The molecular weight excluding hydrogens is 228 g/mol. The summed E-state index contributed by atoms with van der Waals surface area (Å²) in [6.45, 7) is 7.32. The van der Waals surface area contributed by atoms with Crippen LogP contribution in [-0.4, -0.2) is 11.5 Å². The predicted molar refractivity (Wildman–Crippen MR) is 60.0 cm³/mol. The van der Waals surface area contributed by atoms with Crippen molar-refractivity contribution >= 4 is 21.6 Å². The number of rotatable bonds is 3. The van der Waals surface area contributed by atoms with Gasteiger partial charge in [0.05, 0.1) is 5.69 Å². The van der Waals surface area contributed by atoms with Crippen molar-refractivity contribution in [2.45, 2.75) is 20.8 Å². The van der Waals surface area contributed by atoms with Gasteiger partial charge in [-0.2, -0.15) is 0 Å². The molecule has 0 amide bonds. The number of anilines is 1. The third-order valence-electron chi connectivity index (χ3n) is 1.69. The quantitative estimate of drug-likeness (QED) is 0.824. The normalized spacial score (nSPS) is 10.5. The summed E-state index contributed by atoms with van der Waals surface area (Å²) in [6.07, 6.45) is 0. The van der Waals surface area contributed by atoms with Crippen LogP contribution >= 0.6 is 15.9 Å². The summed E-state index contributed by atoms with van der Waals surface area (Å²) < 4.78 is 0.896. The van der Waals surface area contributed by atoms with E-state index in [9.17, 15) is 0 Å². The minimum Gasteiger partial charge on any atom is -0.383 e. The van der Waals surface area contributed by atoms with E-state index in [0.29, 0.717) is 5.92 Å². The Labute approximate surface area is 87.9 Å². The number of aryl methyl sites for hydroxylation is 1. The van der Waals surface area contributed by atoms with E-state index >= 15 is 0 Å². The number of hydrogen-bond acceptors (Lipinski definition) is 2. The summed E-state index contributed by atoms with van der Waals surface area (Å²) in [5.41, 5.74) is 2.10. The summed E-state index contributed by atoms with van der Waals surface area (Å²) >= 11 is 3.42. The number of halogens is 1. The lowest BCUT2D eigenvalue weighted by Crippen LogP contribution is -2.08. The van der Waals surface area contributed by atoms with Gasteiger partial charge in [-0.15, -0.1) is 0 Å². The fourth-order valence-electron chi connectivity index (χ4n) is 0.971. The van der Waals surface area contributed by atoms with E-state index in [1.807, 2.05) is 13.0 Å². The minimum atomic E-state index is 0.646. The van der Waals surface area contributed by atoms with Gasteiger partial charge in [0.25, 0.3) is 0 Å².